The van der Waals surface area contributed by atoms with Gasteiger partial charge in [-0.25, -0.2) is 13.8 Å². The van der Waals surface area contributed by atoms with Crippen molar-refractivity contribution in [1.29, 1.82) is 0 Å². The number of carbonyl (C=O) groups is 1. The van der Waals surface area contributed by atoms with E-state index >= 15 is 0 Å². The molecular weight excluding hydrogens is 458 g/mol. The molecule has 1 amide bonds. The first kappa shape index (κ1) is 24.4. The van der Waals surface area contributed by atoms with Crippen LogP contribution in [0.15, 0.2) is 88.9 Å². The summed E-state index contributed by atoms with van der Waals surface area (Å²) in [5.74, 6) is -0.716. The first-order valence-corrected chi connectivity index (χ1v) is 11.5. The molecule has 0 fully saturated rings. The number of hydrogen-bond acceptors (Lipinski definition) is 7. The van der Waals surface area contributed by atoms with Crippen LogP contribution in [0.5, 0.6) is 0 Å². The van der Waals surface area contributed by atoms with Crippen LogP contribution in [0, 0.1) is 10.1 Å². The lowest BCUT2D eigenvalue weighted by Gasteiger charge is -2.23. The van der Waals surface area contributed by atoms with E-state index in [0.29, 0.717) is 0 Å². The number of nitro benzene ring substituents is 1. The zero-order valence-electron chi connectivity index (χ0n) is 18.5. The van der Waals surface area contributed by atoms with E-state index in [4.69, 9.17) is 0 Å². The molecule has 0 saturated heterocycles. The summed E-state index contributed by atoms with van der Waals surface area (Å²) in [6.07, 6.45) is 1.43. The molecule has 0 unspecified atom stereocenters. The number of hydrogen-bond donors (Lipinski definition) is 1. The molecule has 0 spiro atoms. The average molecular weight is 482 g/mol. The molecule has 11 heteroatoms. The number of hydrazone groups is 1. The van der Waals surface area contributed by atoms with Gasteiger partial charge in [0.15, 0.2) is 0 Å². The number of anilines is 2. The Hall–Kier alpha value is -4.25. The van der Waals surface area contributed by atoms with Crippen molar-refractivity contribution < 1.29 is 18.1 Å². The summed E-state index contributed by atoms with van der Waals surface area (Å²) in [4.78, 5) is 25.0. The second kappa shape index (κ2) is 10.6. The Morgan fingerprint density at radius 1 is 1.00 bits per heavy atom. The van der Waals surface area contributed by atoms with E-state index < -0.39 is 27.4 Å². The molecule has 0 bridgehead atoms. The van der Waals surface area contributed by atoms with Gasteiger partial charge in [0, 0.05) is 31.9 Å². The number of benzene rings is 3. The Morgan fingerprint density at radius 3 is 2.29 bits per heavy atom. The van der Waals surface area contributed by atoms with Gasteiger partial charge in [0.25, 0.3) is 21.6 Å². The van der Waals surface area contributed by atoms with Gasteiger partial charge in [0.1, 0.15) is 6.54 Å². The van der Waals surface area contributed by atoms with Gasteiger partial charge in [0.05, 0.1) is 21.7 Å². The number of amides is 1. The number of nitrogens with zero attached hydrogens (tertiary/aromatic N) is 4. The van der Waals surface area contributed by atoms with Crippen molar-refractivity contribution in [3.63, 3.8) is 0 Å². The standard InChI is InChI=1S/C23H23N5O5S/c1-26(2)19-13-11-18(12-14-19)16-24-25-23(29)17-27(20-7-6-8-21(15-20)28(30)31)34(32,33)22-9-4-3-5-10-22/h3-16H,17H2,1-2H3,(H,25,29)/b24-16-. The average Bonchev–Trinajstić information content (AvgIpc) is 2.83. The van der Waals surface area contributed by atoms with Crippen molar-refractivity contribution in [2.75, 3.05) is 29.8 Å². The second-order valence-corrected chi connectivity index (χ2v) is 9.24. The first-order valence-electron chi connectivity index (χ1n) is 10.1. The number of non-ortho nitro benzene ring substituents is 1. The molecule has 10 nitrogen and oxygen atoms in total. The molecule has 0 radical (unpaired) electrons. The molecule has 3 aromatic carbocycles. The number of nitro groups is 1. The number of carbonyl (C=O) groups excluding carboxylic acids is 1. The zero-order valence-corrected chi connectivity index (χ0v) is 19.3. The van der Waals surface area contributed by atoms with Crippen LogP contribution in [-0.4, -0.2) is 46.1 Å². The lowest BCUT2D eigenvalue weighted by molar-refractivity contribution is -0.384. The molecule has 0 heterocycles. The highest BCUT2D eigenvalue weighted by atomic mass is 32.2. The van der Waals surface area contributed by atoms with Gasteiger partial charge in [0.2, 0.25) is 0 Å². The van der Waals surface area contributed by atoms with Gasteiger partial charge < -0.3 is 4.90 Å². The van der Waals surface area contributed by atoms with Crippen molar-refractivity contribution in [2.24, 2.45) is 5.10 Å². The molecule has 176 valence electrons. The fourth-order valence-electron chi connectivity index (χ4n) is 3.00. The maximum Gasteiger partial charge on any atom is 0.271 e. The minimum Gasteiger partial charge on any atom is -0.378 e. The van der Waals surface area contributed by atoms with E-state index in [1.54, 1.807) is 18.2 Å². The van der Waals surface area contributed by atoms with Gasteiger partial charge in [-0.15, -0.1) is 0 Å². The quantitative estimate of drug-likeness (QED) is 0.285. The van der Waals surface area contributed by atoms with Crippen molar-refractivity contribution in [3.8, 4) is 0 Å². The molecule has 0 aliphatic rings. The summed E-state index contributed by atoms with van der Waals surface area (Å²) < 4.78 is 27.3. The van der Waals surface area contributed by atoms with Crippen LogP contribution in [0.1, 0.15) is 5.56 Å². The molecule has 0 aliphatic heterocycles. The summed E-state index contributed by atoms with van der Waals surface area (Å²) in [5, 5.41) is 15.1. The zero-order chi connectivity index (χ0) is 24.7. The van der Waals surface area contributed by atoms with Crippen LogP contribution >= 0.6 is 0 Å². The van der Waals surface area contributed by atoms with E-state index in [0.717, 1.165) is 21.6 Å². The third kappa shape index (κ3) is 5.95. The molecular formula is C23H23N5O5S. The summed E-state index contributed by atoms with van der Waals surface area (Å²) in [7, 11) is -0.355. The van der Waals surface area contributed by atoms with Crippen molar-refractivity contribution in [2.45, 2.75) is 4.90 Å². The molecule has 3 aromatic rings. The molecule has 34 heavy (non-hydrogen) atoms. The lowest BCUT2D eigenvalue weighted by atomic mass is 10.2. The predicted octanol–water partition coefficient (Wildman–Crippen LogP) is 3.01. The molecule has 3 rings (SSSR count). The highest BCUT2D eigenvalue weighted by Crippen LogP contribution is 2.26. The van der Waals surface area contributed by atoms with Gasteiger partial charge in [-0.05, 0) is 35.9 Å². The normalized spacial score (nSPS) is 11.2. The number of nitrogens with one attached hydrogen (secondary N) is 1. The topological polar surface area (TPSA) is 125 Å². The summed E-state index contributed by atoms with van der Waals surface area (Å²) >= 11 is 0. The SMILES string of the molecule is CN(C)c1ccc(/C=N\NC(=O)CN(c2cccc([N+](=O)[O-])c2)S(=O)(=O)c2ccccc2)cc1. The maximum absolute atomic E-state index is 13.3. The Kier molecular flexibility index (Phi) is 7.59. The van der Waals surface area contributed by atoms with Crippen molar-refractivity contribution in [1.82, 2.24) is 5.43 Å². The fourth-order valence-corrected chi connectivity index (χ4v) is 4.43. The van der Waals surface area contributed by atoms with E-state index in [2.05, 4.69) is 10.5 Å². The highest BCUT2D eigenvalue weighted by molar-refractivity contribution is 7.92. The van der Waals surface area contributed by atoms with Crippen LogP contribution in [0.3, 0.4) is 0 Å². The van der Waals surface area contributed by atoms with Crippen molar-refractivity contribution in [3.05, 3.63) is 94.5 Å². The van der Waals surface area contributed by atoms with Gasteiger partial charge in [-0.1, -0.05) is 36.4 Å². The number of sulfonamides is 1. The van der Waals surface area contributed by atoms with Crippen LogP contribution in [-0.2, 0) is 14.8 Å². The summed E-state index contributed by atoms with van der Waals surface area (Å²) in [6, 6.07) is 20.0. The first-order chi connectivity index (χ1) is 16.2. The molecule has 0 atom stereocenters. The minimum atomic E-state index is -4.19. The molecule has 0 aliphatic carbocycles. The summed E-state index contributed by atoms with van der Waals surface area (Å²) in [6.45, 7) is -0.630. The van der Waals surface area contributed by atoms with Gasteiger partial charge >= 0.3 is 0 Å². The maximum atomic E-state index is 13.3. The second-order valence-electron chi connectivity index (χ2n) is 7.38. The Morgan fingerprint density at radius 2 is 1.68 bits per heavy atom. The van der Waals surface area contributed by atoms with E-state index in [9.17, 15) is 23.3 Å². The van der Waals surface area contributed by atoms with E-state index in [-0.39, 0.29) is 16.3 Å². The van der Waals surface area contributed by atoms with Gasteiger partial charge in [-0.3, -0.25) is 19.2 Å². The van der Waals surface area contributed by atoms with Crippen LogP contribution in [0.4, 0.5) is 17.1 Å². The van der Waals surface area contributed by atoms with E-state index in [1.807, 2.05) is 43.3 Å². The Balaban J connectivity index is 1.83. The Labute approximate surface area is 197 Å². The van der Waals surface area contributed by atoms with Crippen LogP contribution in [0.25, 0.3) is 0 Å². The summed E-state index contributed by atoms with van der Waals surface area (Å²) in [5.41, 5.74) is 3.73. The highest BCUT2D eigenvalue weighted by Gasteiger charge is 2.28. The van der Waals surface area contributed by atoms with Crippen LogP contribution < -0.4 is 14.6 Å². The van der Waals surface area contributed by atoms with Crippen molar-refractivity contribution >= 4 is 39.2 Å². The molecule has 0 aromatic heterocycles. The molecule has 0 saturated carbocycles. The van der Waals surface area contributed by atoms with Gasteiger partial charge in [-0.2, -0.15) is 5.10 Å². The molecule has 1 N–H and O–H groups in total. The van der Waals surface area contributed by atoms with Crippen LogP contribution in [0.2, 0.25) is 0 Å². The Bertz CT molecular complexity index is 1290. The lowest BCUT2D eigenvalue weighted by Crippen LogP contribution is -2.39. The third-order valence-electron chi connectivity index (χ3n) is 4.76. The monoisotopic (exact) mass is 481 g/mol. The third-order valence-corrected chi connectivity index (χ3v) is 6.55. The number of rotatable bonds is 9. The minimum absolute atomic E-state index is 0.0172. The van der Waals surface area contributed by atoms with E-state index in [1.165, 1.54) is 36.5 Å². The fraction of sp³-hybridized carbons (Fsp3) is 0.130. The largest absolute Gasteiger partial charge is 0.378 e. The smallest absolute Gasteiger partial charge is 0.271 e. The predicted molar refractivity (Wildman–Crippen MR) is 131 cm³/mol.